The summed E-state index contributed by atoms with van der Waals surface area (Å²) in [5, 5.41) is 17.6. The van der Waals surface area contributed by atoms with Crippen LogP contribution in [0.4, 0.5) is 5.82 Å². The minimum Gasteiger partial charge on any atom is -0.391 e. The second kappa shape index (κ2) is 5.72. The van der Waals surface area contributed by atoms with E-state index in [1.807, 2.05) is 6.07 Å². The molecule has 0 unspecified atom stereocenters. The summed E-state index contributed by atoms with van der Waals surface area (Å²) in [6, 6.07) is 1.95. The number of fused-ring (bicyclic) bond motifs is 1. The van der Waals surface area contributed by atoms with Crippen LogP contribution < -0.4 is 5.32 Å². The van der Waals surface area contributed by atoms with Crippen LogP contribution in [-0.4, -0.2) is 43.9 Å². The molecule has 1 saturated carbocycles. The summed E-state index contributed by atoms with van der Waals surface area (Å²) >= 11 is 0. The summed E-state index contributed by atoms with van der Waals surface area (Å²) in [5.41, 5.74) is 0.792. The first-order valence-electron chi connectivity index (χ1n) is 6.91. The summed E-state index contributed by atoms with van der Waals surface area (Å²) in [5.74, 6) is 1.33. The minimum absolute atomic E-state index is 0.0499. The summed E-state index contributed by atoms with van der Waals surface area (Å²) < 4.78 is 6.78. The maximum Gasteiger partial charge on any atom is 0.254 e. The minimum atomic E-state index is -0.318. The molecule has 20 heavy (non-hydrogen) atoms. The molecule has 2 aromatic rings. The standard InChI is InChI=1S/C13H19N5O2/c1-20-7-9-6-12(18-13(16-9)14-8-15-18)17-10-4-2-3-5-11(10)19/h6,8,10-11,17,19H,2-5,7H2,1H3/t10-,11-/m0/s1. The lowest BCUT2D eigenvalue weighted by Gasteiger charge is -2.29. The number of hydrogen-bond acceptors (Lipinski definition) is 6. The predicted molar refractivity (Wildman–Crippen MR) is 73.4 cm³/mol. The van der Waals surface area contributed by atoms with Crippen LogP contribution in [-0.2, 0) is 11.3 Å². The van der Waals surface area contributed by atoms with Crippen molar-refractivity contribution in [1.82, 2.24) is 19.6 Å². The molecule has 2 N–H and O–H groups in total. The first-order valence-corrected chi connectivity index (χ1v) is 6.91. The smallest absolute Gasteiger partial charge is 0.254 e. The van der Waals surface area contributed by atoms with E-state index in [0.717, 1.165) is 37.2 Å². The molecule has 0 amide bonds. The Hall–Kier alpha value is -1.73. The van der Waals surface area contributed by atoms with E-state index in [-0.39, 0.29) is 12.1 Å². The van der Waals surface area contributed by atoms with Gasteiger partial charge in [-0.3, -0.25) is 0 Å². The number of ether oxygens (including phenoxy) is 1. The van der Waals surface area contributed by atoms with Crippen molar-refractivity contribution in [3.63, 3.8) is 0 Å². The van der Waals surface area contributed by atoms with Gasteiger partial charge in [-0.05, 0) is 12.8 Å². The van der Waals surface area contributed by atoms with Gasteiger partial charge in [0, 0.05) is 13.2 Å². The summed E-state index contributed by atoms with van der Waals surface area (Å²) in [4.78, 5) is 8.48. The van der Waals surface area contributed by atoms with Crippen molar-refractivity contribution in [2.75, 3.05) is 12.4 Å². The van der Waals surface area contributed by atoms with E-state index in [2.05, 4.69) is 20.4 Å². The Morgan fingerprint density at radius 2 is 2.30 bits per heavy atom. The number of rotatable bonds is 4. The third-order valence-electron chi connectivity index (χ3n) is 3.66. The molecule has 3 rings (SSSR count). The number of nitrogens with zero attached hydrogens (tertiary/aromatic N) is 4. The van der Waals surface area contributed by atoms with Crippen LogP contribution >= 0.6 is 0 Å². The van der Waals surface area contributed by atoms with E-state index in [1.54, 1.807) is 11.6 Å². The number of hydrogen-bond donors (Lipinski definition) is 2. The van der Waals surface area contributed by atoms with E-state index >= 15 is 0 Å². The van der Waals surface area contributed by atoms with Gasteiger partial charge >= 0.3 is 0 Å². The zero-order valence-electron chi connectivity index (χ0n) is 11.5. The Morgan fingerprint density at radius 3 is 3.10 bits per heavy atom. The number of aliphatic hydroxyl groups excluding tert-OH is 1. The van der Waals surface area contributed by atoms with Gasteiger partial charge < -0.3 is 15.2 Å². The van der Waals surface area contributed by atoms with Gasteiger partial charge in [0.2, 0.25) is 0 Å². The SMILES string of the molecule is COCc1cc(N[C@H]2CCCC[C@@H]2O)n2ncnc2n1. The Morgan fingerprint density at radius 1 is 1.45 bits per heavy atom. The Labute approximate surface area is 117 Å². The third kappa shape index (κ3) is 2.59. The van der Waals surface area contributed by atoms with Gasteiger partial charge in [-0.15, -0.1) is 0 Å². The fourth-order valence-corrected chi connectivity index (χ4v) is 2.66. The average Bonchev–Trinajstić information content (AvgIpc) is 2.90. The lowest BCUT2D eigenvalue weighted by molar-refractivity contribution is 0.116. The number of aliphatic hydroxyl groups is 1. The molecule has 1 fully saturated rings. The molecule has 0 bridgehead atoms. The van der Waals surface area contributed by atoms with Crippen molar-refractivity contribution < 1.29 is 9.84 Å². The second-order valence-electron chi connectivity index (χ2n) is 5.14. The van der Waals surface area contributed by atoms with Crippen LogP contribution in [0.5, 0.6) is 0 Å². The molecule has 7 nitrogen and oxygen atoms in total. The fraction of sp³-hybridized carbons (Fsp3) is 0.615. The highest BCUT2D eigenvalue weighted by atomic mass is 16.5. The van der Waals surface area contributed by atoms with Crippen molar-refractivity contribution >= 4 is 11.6 Å². The van der Waals surface area contributed by atoms with Crippen molar-refractivity contribution in [2.24, 2.45) is 0 Å². The Balaban J connectivity index is 1.90. The monoisotopic (exact) mass is 277 g/mol. The highest BCUT2D eigenvalue weighted by Gasteiger charge is 2.23. The Kier molecular flexibility index (Phi) is 3.79. The van der Waals surface area contributed by atoms with Gasteiger partial charge in [0.25, 0.3) is 5.78 Å². The quantitative estimate of drug-likeness (QED) is 0.867. The van der Waals surface area contributed by atoms with Gasteiger partial charge in [-0.2, -0.15) is 14.6 Å². The molecule has 108 valence electrons. The third-order valence-corrected chi connectivity index (χ3v) is 3.66. The Bertz CT molecular complexity index is 585. The molecule has 0 aliphatic heterocycles. The van der Waals surface area contributed by atoms with E-state index in [0.29, 0.717) is 12.4 Å². The van der Waals surface area contributed by atoms with E-state index in [1.165, 1.54) is 6.33 Å². The molecule has 0 aromatic carbocycles. The highest BCUT2D eigenvalue weighted by molar-refractivity contribution is 5.45. The van der Waals surface area contributed by atoms with E-state index in [4.69, 9.17) is 4.74 Å². The van der Waals surface area contributed by atoms with Crippen LogP contribution in [0, 0.1) is 0 Å². The molecule has 7 heteroatoms. The van der Waals surface area contributed by atoms with Crippen LogP contribution in [0.1, 0.15) is 31.4 Å². The first-order chi connectivity index (χ1) is 9.78. The number of nitrogens with one attached hydrogen (secondary N) is 1. The lowest BCUT2D eigenvalue weighted by atomic mass is 9.92. The number of anilines is 1. The van der Waals surface area contributed by atoms with Crippen LogP contribution in [0.25, 0.3) is 5.78 Å². The molecule has 1 aliphatic rings. The molecule has 0 spiro atoms. The molecular formula is C13H19N5O2. The number of aromatic nitrogens is 4. The lowest BCUT2D eigenvalue weighted by Crippen LogP contribution is -2.37. The van der Waals surface area contributed by atoms with E-state index in [9.17, 15) is 5.11 Å². The largest absolute Gasteiger partial charge is 0.391 e. The second-order valence-corrected chi connectivity index (χ2v) is 5.14. The van der Waals surface area contributed by atoms with Crippen molar-refractivity contribution in [3.8, 4) is 0 Å². The summed E-state index contributed by atoms with van der Waals surface area (Å²) in [6.07, 6.45) is 5.17. The maximum absolute atomic E-state index is 10.1. The van der Waals surface area contributed by atoms with Gasteiger partial charge in [0.05, 0.1) is 24.4 Å². The zero-order valence-corrected chi connectivity index (χ0v) is 11.5. The molecule has 0 radical (unpaired) electrons. The predicted octanol–water partition coefficient (Wildman–Crippen LogP) is 0.986. The van der Waals surface area contributed by atoms with E-state index < -0.39 is 0 Å². The fourth-order valence-electron chi connectivity index (χ4n) is 2.66. The molecule has 2 atom stereocenters. The summed E-state index contributed by atoms with van der Waals surface area (Å²) in [7, 11) is 1.63. The highest BCUT2D eigenvalue weighted by Crippen LogP contribution is 2.22. The molecule has 2 heterocycles. The average molecular weight is 277 g/mol. The van der Waals surface area contributed by atoms with Crippen LogP contribution in [0.3, 0.4) is 0 Å². The maximum atomic E-state index is 10.1. The summed E-state index contributed by atoms with van der Waals surface area (Å²) in [6.45, 7) is 0.422. The van der Waals surface area contributed by atoms with Gasteiger partial charge in [-0.1, -0.05) is 12.8 Å². The van der Waals surface area contributed by atoms with Crippen LogP contribution in [0.15, 0.2) is 12.4 Å². The van der Waals surface area contributed by atoms with Crippen molar-refractivity contribution in [3.05, 3.63) is 18.1 Å². The van der Waals surface area contributed by atoms with Gasteiger partial charge in [-0.25, -0.2) is 4.98 Å². The van der Waals surface area contributed by atoms with Crippen molar-refractivity contribution in [1.29, 1.82) is 0 Å². The normalized spacial score (nSPS) is 23.1. The molecule has 1 aliphatic carbocycles. The topological polar surface area (TPSA) is 84.6 Å². The number of methoxy groups -OCH3 is 1. The van der Waals surface area contributed by atoms with Crippen LogP contribution in [0.2, 0.25) is 0 Å². The first kappa shape index (κ1) is 13.3. The van der Waals surface area contributed by atoms with Gasteiger partial charge in [0.1, 0.15) is 12.1 Å². The molecule has 0 saturated heterocycles. The zero-order chi connectivity index (χ0) is 13.9. The molecule has 2 aromatic heterocycles. The molecular weight excluding hydrogens is 258 g/mol. The van der Waals surface area contributed by atoms with Gasteiger partial charge in [0.15, 0.2) is 0 Å². The van der Waals surface area contributed by atoms with Crippen molar-refractivity contribution in [2.45, 2.75) is 44.4 Å².